The highest BCUT2D eigenvalue weighted by Crippen LogP contribution is 2.30. The Morgan fingerprint density at radius 3 is 3.00 bits per heavy atom. The Labute approximate surface area is 83.1 Å². The van der Waals surface area contributed by atoms with Gasteiger partial charge in [-0.2, -0.15) is 0 Å². The molecule has 3 nitrogen and oxygen atoms in total. The molecule has 0 fully saturated rings. The minimum atomic E-state index is -0.394. The molecule has 1 N–H and O–H groups in total. The molecule has 0 spiro atoms. The number of aryl methyl sites for hydroxylation is 1. The predicted molar refractivity (Wildman–Crippen MR) is 54.5 cm³/mol. The topological polar surface area (TPSA) is 38.3 Å². The summed E-state index contributed by atoms with van der Waals surface area (Å²) < 4.78 is 5.43. The molecule has 0 aromatic heterocycles. The van der Waals surface area contributed by atoms with Crippen LogP contribution in [0.4, 0.5) is 5.69 Å². The Bertz CT molecular complexity index is 374. The molecule has 0 bridgehead atoms. The fourth-order valence-electron chi connectivity index (χ4n) is 1.48. The lowest BCUT2D eigenvalue weighted by atomic mass is 10.1. The summed E-state index contributed by atoms with van der Waals surface area (Å²) in [7, 11) is 0. The van der Waals surface area contributed by atoms with Crippen molar-refractivity contribution in [3.05, 3.63) is 23.8 Å². The standard InChI is InChI=1S/C11H13NO2/c1-3-8-4-5-10-9(6-8)12-11(13)7(2)14-10/h4-7H,3H2,1-2H3,(H,12,13)/t7-/m1/s1. The van der Waals surface area contributed by atoms with Gasteiger partial charge in [0.25, 0.3) is 5.91 Å². The van der Waals surface area contributed by atoms with Gasteiger partial charge in [-0.1, -0.05) is 13.0 Å². The number of hydrogen-bond donors (Lipinski definition) is 1. The maximum Gasteiger partial charge on any atom is 0.265 e. The third-order valence-corrected chi connectivity index (χ3v) is 2.38. The first-order chi connectivity index (χ1) is 6.70. The molecule has 0 unspecified atom stereocenters. The quantitative estimate of drug-likeness (QED) is 0.737. The number of amides is 1. The van der Waals surface area contributed by atoms with Crippen molar-refractivity contribution >= 4 is 11.6 Å². The average molecular weight is 191 g/mol. The summed E-state index contributed by atoms with van der Waals surface area (Å²) in [6, 6.07) is 5.88. The van der Waals surface area contributed by atoms with Crippen molar-refractivity contribution in [1.82, 2.24) is 0 Å². The van der Waals surface area contributed by atoms with Crippen molar-refractivity contribution in [3.63, 3.8) is 0 Å². The van der Waals surface area contributed by atoms with Crippen LogP contribution >= 0.6 is 0 Å². The normalized spacial score (nSPS) is 19.6. The summed E-state index contributed by atoms with van der Waals surface area (Å²) in [5.74, 6) is 0.681. The van der Waals surface area contributed by atoms with Crippen LogP contribution in [0.5, 0.6) is 5.75 Å². The van der Waals surface area contributed by atoms with Crippen LogP contribution in [0, 0.1) is 0 Å². The minimum absolute atomic E-state index is 0.0780. The zero-order chi connectivity index (χ0) is 10.1. The molecule has 74 valence electrons. The van der Waals surface area contributed by atoms with E-state index in [0.717, 1.165) is 17.9 Å². The Balaban J connectivity index is 2.37. The van der Waals surface area contributed by atoms with Gasteiger partial charge in [0.15, 0.2) is 6.10 Å². The predicted octanol–water partition coefficient (Wildman–Crippen LogP) is 1.97. The lowest BCUT2D eigenvalue weighted by molar-refractivity contribution is -0.122. The van der Waals surface area contributed by atoms with E-state index < -0.39 is 6.10 Å². The van der Waals surface area contributed by atoms with Crippen molar-refractivity contribution in [2.24, 2.45) is 0 Å². The second-order valence-corrected chi connectivity index (χ2v) is 3.43. The molecule has 1 atom stereocenters. The van der Waals surface area contributed by atoms with Gasteiger partial charge < -0.3 is 10.1 Å². The van der Waals surface area contributed by atoms with E-state index in [1.54, 1.807) is 6.92 Å². The third kappa shape index (κ3) is 1.45. The average Bonchev–Trinajstić information content (AvgIpc) is 2.19. The molecular formula is C11H13NO2. The summed E-state index contributed by atoms with van der Waals surface area (Å²) in [6.45, 7) is 3.82. The zero-order valence-corrected chi connectivity index (χ0v) is 8.33. The van der Waals surface area contributed by atoms with Crippen LogP contribution in [0.15, 0.2) is 18.2 Å². The lowest BCUT2D eigenvalue weighted by Crippen LogP contribution is -2.34. The molecule has 1 aliphatic heterocycles. The van der Waals surface area contributed by atoms with Crippen LogP contribution in [-0.2, 0) is 11.2 Å². The van der Waals surface area contributed by atoms with Gasteiger partial charge in [0, 0.05) is 0 Å². The number of rotatable bonds is 1. The molecule has 14 heavy (non-hydrogen) atoms. The van der Waals surface area contributed by atoms with Crippen LogP contribution < -0.4 is 10.1 Å². The monoisotopic (exact) mass is 191 g/mol. The van der Waals surface area contributed by atoms with E-state index in [4.69, 9.17) is 4.74 Å². The third-order valence-electron chi connectivity index (χ3n) is 2.38. The molecule has 0 radical (unpaired) electrons. The highest BCUT2D eigenvalue weighted by atomic mass is 16.5. The number of nitrogens with one attached hydrogen (secondary N) is 1. The van der Waals surface area contributed by atoms with Gasteiger partial charge in [-0.25, -0.2) is 0 Å². The maximum atomic E-state index is 11.3. The SMILES string of the molecule is CCc1ccc2c(c1)NC(=O)[C@@H](C)O2. The van der Waals surface area contributed by atoms with E-state index in [9.17, 15) is 4.79 Å². The molecule has 1 aliphatic rings. The fraction of sp³-hybridized carbons (Fsp3) is 0.364. The summed E-state index contributed by atoms with van der Waals surface area (Å²) in [6.07, 6.45) is 0.564. The van der Waals surface area contributed by atoms with Gasteiger partial charge in [0.1, 0.15) is 5.75 Å². The minimum Gasteiger partial charge on any atom is -0.479 e. The Kier molecular flexibility index (Phi) is 2.15. The van der Waals surface area contributed by atoms with Crippen molar-refractivity contribution in [1.29, 1.82) is 0 Å². The number of carbonyl (C=O) groups is 1. The van der Waals surface area contributed by atoms with E-state index in [2.05, 4.69) is 12.2 Å². The summed E-state index contributed by atoms with van der Waals surface area (Å²) >= 11 is 0. The number of hydrogen-bond acceptors (Lipinski definition) is 2. The number of carbonyl (C=O) groups excluding carboxylic acids is 1. The molecule has 0 aliphatic carbocycles. The molecule has 2 rings (SSSR count). The smallest absolute Gasteiger partial charge is 0.265 e. The van der Waals surface area contributed by atoms with Crippen molar-refractivity contribution < 1.29 is 9.53 Å². The first-order valence-corrected chi connectivity index (χ1v) is 4.81. The lowest BCUT2D eigenvalue weighted by Gasteiger charge is -2.23. The van der Waals surface area contributed by atoms with Crippen LogP contribution in [0.25, 0.3) is 0 Å². The van der Waals surface area contributed by atoms with Gasteiger partial charge in [0.05, 0.1) is 5.69 Å². The van der Waals surface area contributed by atoms with Crippen molar-refractivity contribution in [3.8, 4) is 5.75 Å². The van der Waals surface area contributed by atoms with Gasteiger partial charge >= 0.3 is 0 Å². The highest BCUT2D eigenvalue weighted by molar-refractivity contribution is 5.97. The van der Waals surface area contributed by atoms with Crippen LogP contribution in [-0.4, -0.2) is 12.0 Å². The van der Waals surface area contributed by atoms with E-state index in [1.165, 1.54) is 5.56 Å². The van der Waals surface area contributed by atoms with Crippen molar-refractivity contribution in [2.45, 2.75) is 26.4 Å². The Hall–Kier alpha value is -1.51. The number of benzene rings is 1. The molecule has 3 heteroatoms. The summed E-state index contributed by atoms with van der Waals surface area (Å²) in [5.41, 5.74) is 1.98. The molecular weight excluding hydrogens is 178 g/mol. The van der Waals surface area contributed by atoms with Gasteiger partial charge in [-0.15, -0.1) is 0 Å². The largest absolute Gasteiger partial charge is 0.479 e. The number of fused-ring (bicyclic) bond motifs is 1. The van der Waals surface area contributed by atoms with E-state index in [-0.39, 0.29) is 5.91 Å². The summed E-state index contributed by atoms with van der Waals surface area (Å²) in [5, 5.41) is 2.82. The van der Waals surface area contributed by atoms with E-state index in [0.29, 0.717) is 0 Å². The second-order valence-electron chi connectivity index (χ2n) is 3.43. The van der Waals surface area contributed by atoms with Crippen LogP contribution in [0.1, 0.15) is 19.4 Å². The maximum absolute atomic E-state index is 11.3. The van der Waals surface area contributed by atoms with Crippen molar-refractivity contribution in [2.75, 3.05) is 5.32 Å². The van der Waals surface area contributed by atoms with Crippen LogP contribution in [0.2, 0.25) is 0 Å². The van der Waals surface area contributed by atoms with E-state index in [1.807, 2.05) is 18.2 Å². The van der Waals surface area contributed by atoms with Gasteiger partial charge in [-0.05, 0) is 31.0 Å². The molecule has 0 saturated carbocycles. The number of anilines is 1. The molecule has 1 amide bonds. The first-order valence-electron chi connectivity index (χ1n) is 4.81. The molecule has 1 heterocycles. The van der Waals surface area contributed by atoms with Gasteiger partial charge in [-0.3, -0.25) is 4.79 Å². The molecule has 0 saturated heterocycles. The van der Waals surface area contributed by atoms with Crippen LogP contribution in [0.3, 0.4) is 0 Å². The first kappa shape index (κ1) is 9.06. The molecule has 1 aromatic carbocycles. The zero-order valence-electron chi connectivity index (χ0n) is 8.33. The van der Waals surface area contributed by atoms with E-state index >= 15 is 0 Å². The Morgan fingerprint density at radius 2 is 2.29 bits per heavy atom. The fourth-order valence-corrected chi connectivity index (χ4v) is 1.48. The second kappa shape index (κ2) is 3.33. The van der Waals surface area contributed by atoms with Gasteiger partial charge in [0.2, 0.25) is 0 Å². The molecule has 1 aromatic rings. The highest BCUT2D eigenvalue weighted by Gasteiger charge is 2.23. The Morgan fingerprint density at radius 1 is 1.50 bits per heavy atom. The summed E-state index contributed by atoms with van der Waals surface area (Å²) in [4.78, 5) is 11.3. The number of ether oxygens (including phenoxy) is 1.